The van der Waals surface area contributed by atoms with E-state index in [9.17, 15) is 9.18 Å². The van der Waals surface area contributed by atoms with E-state index in [2.05, 4.69) is 15.3 Å². The Labute approximate surface area is 131 Å². The molecule has 0 unspecified atom stereocenters. The zero-order valence-electron chi connectivity index (χ0n) is 12.4. The van der Waals surface area contributed by atoms with Crippen LogP contribution in [-0.2, 0) is 6.42 Å². The molecule has 2 N–H and O–H groups in total. The molecule has 1 aromatic carbocycles. The highest BCUT2D eigenvalue weighted by Crippen LogP contribution is 2.20. The molecule has 0 aliphatic rings. The Balaban J connectivity index is 1.66. The number of H-pyrrole nitrogens is 1. The van der Waals surface area contributed by atoms with Crippen molar-refractivity contribution in [2.45, 2.75) is 20.3 Å². The Bertz CT molecular complexity index is 837. The van der Waals surface area contributed by atoms with E-state index in [1.165, 1.54) is 23.5 Å². The fourth-order valence-electron chi connectivity index (χ4n) is 2.49. The van der Waals surface area contributed by atoms with E-state index in [1.807, 2.05) is 20.0 Å². The summed E-state index contributed by atoms with van der Waals surface area (Å²) < 4.78 is 13.3. The Morgan fingerprint density at radius 3 is 2.95 bits per heavy atom. The molecule has 0 atom stereocenters. The molecule has 6 heteroatoms. The number of thiazole rings is 1. The first kappa shape index (κ1) is 14.7. The number of nitrogens with zero attached hydrogens (tertiary/aromatic N) is 1. The summed E-state index contributed by atoms with van der Waals surface area (Å²) in [6.45, 7) is 4.22. The maximum atomic E-state index is 13.3. The number of rotatable bonds is 4. The molecule has 0 spiro atoms. The second-order valence-corrected chi connectivity index (χ2v) is 6.36. The van der Waals surface area contributed by atoms with Crippen molar-refractivity contribution in [1.29, 1.82) is 0 Å². The van der Waals surface area contributed by atoms with E-state index >= 15 is 0 Å². The van der Waals surface area contributed by atoms with Crippen molar-refractivity contribution in [2.24, 2.45) is 0 Å². The molecule has 0 aliphatic carbocycles. The number of amides is 1. The SMILES string of the molecule is Cc1nc(C)c(C(=O)NCCc2c[nH]c3ccc(F)cc23)s1. The fraction of sp³-hybridized carbons (Fsp3) is 0.250. The van der Waals surface area contributed by atoms with E-state index < -0.39 is 0 Å². The quantitative estimate of drug-likeness (QED) is 0.775. The highest BCUT2D eigenvalue weighted by atomic mass is 32.1. The van der Waals surface area contributed by atoms with Crippen LogP contribution in [0.5, 0.6) is 0 Å². The van der Waals surface area contributed by atoms with Gasteiger partial charge in [-0.05, 0) is 44.0 Å². The molecule has 0 radical (unpaired) electrons. The maximum Gasteiger partial charge on any atom is 0.263 e. The average molecular weight is 317 g/mol. The van der Waals surface area contributed by atoms with Gasteiger partial charge in [-0.2, -0.15) is 0 Å². The van der Waals surface area contributed by atoms with E-state index in [0.29, 0.717) is 17.8 Å². The van der Waals surface area contributed by atoms with Crippen molar-refractivity contribution in [3.05, 3.63) is 51.4 Å². The van der Waals surface area contributed by atoms with Gasteiger partial charge in [-0.15, -0.1) is 11.3 Å². The van der Waals surface area contributed by atoms with Gasteiger partial charge in [0.1, 0.15) is 10.7 Å². The van der Waals surface area contributed by atoms with Gasteiger partial charge in [-0.3, -0.25) is 4.79 Å². The van der Waals surface area contributed by atoms with E-state index in [0.717, 1.165) is 27.2 Å². The highest BCUT2D eigenvalue weighted by molar-refractivity contribution is 7.13. The number of carbonyl (C=O) groups is 1. The molecule has 1 amide bonds. The van der Waals surface area contributed by atoms with Gasteiger partial charge in [-0.1, -0.05) is 0 Å². The molecule has 114 valence electrons. The van der Waals surface area contributed by atoms with E-state index in [-0.39, 0.29) is 11.7 Å². The number of halogens is 1. The van der Waals surface area contributed by atoms with Crippen molar-refractivity contribution < 1.29 is 9.18 Å². The number of hydrogen-bond acceptors (Lipinski definition) is 3. The second-order valence-electron chi connectivity index (χ2n) is 5.16. The van der Waals surface area contributed by atoms with Crippen molar-refractivity contribution >= 4 is 28.1 Å². The van der Waals surface area contributed by atoms with Crippen LogP contribution in [-0.4, -0.2) is 22.4 Å². The first-order chi connectivity index (χ1) is 10.5. The number of nitrogens with one attached hydrogen (secondary N) is 2. The van der Waals surface area contributed by atoms with Gasteiger partial charge in [-0.25, -0.2) is 9.37 Å². The summed E-state index contributed by atoms with van der Waals surface area (Å²) in [6, 6.07) is 4.66. The number of aromatic nitrogens is 2. The topological polar surface area (TPSA) is 57.8 Å². The molecule has 2 heterocycles. The zero-order chi connectivity index (χ0) is 15.7. The van der Waals surface area contributed by atoms with Crippen LogP contribution in [0.3, 0.4) is 0 Å². The molecule has 0 saturated carbocycles. The van der Waals surface area contributed by atoms with Crippen LogP contribution in [0.2, 0.25) is 0 Å². The lowest BCUT2D eigenvalue weighted by molar-refractivity contribution is 0.0957. The molecule has 4 nitrogen and oxygen atoms in total. The number of hydrogen-bond donors (Lipinski definition) is 2. The summed E-state index contributed by atoms with van der Waals surface area (Å²) in [4.78, 5) is 20.1. The lowest BCUT2D eigenvalue weighted by Crippen LogP contribution is -2.25. The molecular weight excluding hydrogens is 301 g/mol. The third kappa shape index (κ3) is 2.87. The molecule has 0 fully saturated rings. The third-order valence-electron chi connectivity index (χ3n) is 3.52. The molecule has 0 aliphatic heterocycles. The second kappa shape index (κ2) is 5.88. The van der Waals surface area contributed by atoms with Crippen LogP contribution in [0.25, 0.3) is 10.9 Å². The van der Waals surface area contributed by atoms with E-state index in [4.69, 9.17) is 0 Å². The third-order valence-corrected chi connectivity index (χ3v) is 4.59. The lowest BCUT2D eigenvalue weighted by atomic mass is 10.1. The Kier molecular flexibility index (Phi) is 3.94. The molecule has 3 aromatic rings. The van der Waals surface area contributed by atoms with Gasteiger partial charge < -0.3 is 10.3 Å². The molecule has 3 rings (SSSR count). The summed E-state index contributed by atoms with van der Waals surface area (Å²) in [5.74, 6) is -0.359. The Hall–Kier alpha value is -2.21. The fourth-order valence-corrected chi connectivity index (χ4v) is 3.33. The average Bonchev–Trinajstić information content (AvgIpc) is 3.02. The summed E-state index contributed by atoms with van der Waals surface area (Å²) in [5.41, 5.74) is 2.65. The monoisotopic (exact) mass is 317 g/mol. The number of aromatic amines is 1. The number of benzene rings is 1. The molecule has 2 aromatic heterocycles. The van der Waals surface area contributed by atoms with Crippen molar-refractivity contribution in [3.63, 3.8) is 0 Å². The van der Waals surface area contributed by atoms with Crippen molar-refractivity contribution in [2.75, 3.05) is 6.54 Å². The minimum atomic E-state index is -0.256. The van der Waals surface area contributed by atoms with Crippen LogP contribution < -0.4 is 5.32 Å². The van der Waals surface area contributed by atoms with Crippen molar-refractivity contribution in [3.8, 4) is 0 Å². The van der Waals surface area contributed by atoms with Crippen LogP contribution in [0.15, 0.2) is 24.4 Å². The van der Waals surface area contributed by atoms with Crippen LogP contribution >= 0.6 is 11.3 Å². The maximum absolute atomic E-state index is 13.3. The minimum Gasteiger partial charge on any atom is -0.361 e. The molecular formula is C16H16FN3OS. The minimum absolute atomic E-state index is 0.103. The van der Waals surface area contributed by atoms with Gasteiger partial charge in [0.25, 0.3) is 5.91 Å². The predicted molar refractivity (Wildman–Crippen MR) is 85.9 cm³/mol. The Morgan fingerprint density at radius 1 is 1.41 bits per heavy atom. The molecule has 0 bridgehead atoms. The van der Waals surface area contributed by atoms with Crippen LogP contribution in [0, 0.1) is 19.7 Å². The van der Waals surface area contributed by atoms with Gasteiger partial charge in [0.15, 0.2) is 0 Å². The van der Waals surface area contributed by atoms with Gasteiger partial charge >= 0.3 is 0 Å². The largest absolute Gasteiger partial charge is 0.361 e. The van der Waals surface area contributed by atoms with Gasteiger partial charge in [0, 0.05) is 23.6 Å². The zero-order valence-corrected chi connectivity index (χ0v) is 13.2. The smallest absolute Gasteiger partial charge is 0.263 e. The summed E-state index contributed by atoms with van der Waals surface area (Å²) in [6.07, 6.45) is 2.50. The highest BCUT2D eigenvalue weighted by Gasteiger charge is 2.13. The number of fused-ring (bicyclic) bond motifs is 1. The normalized spacial score (nSPS) is 11.0. The summed E-state index contributed by atoms with van der Waals surface area (Å²) >= 11 is 1.40. The standard InChI is InChI=1S/C16H16FN3OS/c1-9-15(22-10(2)20-9)16(21)18-6-5-11-8-19-14-4-3-12(17)7-13(11)14/h3-4,7-8,19H,5-6H2,1-2H3,(H,18,21). The van der Waals surface area contributed by atoms with Gasteiger partial charge in [0.05, 0.1) is 10.7 Å². The van der Waals surface area contributed by atoms with Crippen LogP contribution in [0.1, 0.15) is 25.9 Å². The first-order valence-corrected chi connectivity index (χ1v) is 7.84. The summed E-state index contributed by atoms with van der Waals surface area (Å²) in [7, 11) is 0. The van der Waals surface area contributed by atoms with Crippen molar-refractivity contribution in [1.82, 2.24) is 15.3 Å². The number of carbonyl (C=O) groups excluding carboxylic acids is 1. The van der Waals surface area contributed by atoms with Gasteiger partial charge in [0.2, 0.25) is 0 Å². The van der Waals surface area contributed by atoms with Crippen LogP contribution in [0.4, 0.5) is 4.39 Å². The lowest BCUT2D eigenvalue weighted by Gasteiger charge is -2.03. The predicted octanol–water partition coefficient (Wildman–Crippen LogP) is 3.35. The Morgan fingerprint density at radius 2 is 2.23 bits per heavy atom. The number of aryl methyl sites for hydroxylation is 2. The molecule has 0 saturated heterocycles. The summed E-state index contributed by atoms with van der Waals surface area (Å²) in [5, 5.41) is 4.64. The molecule has 22 heavy (non-hydrogen) atoms. The van der Waals surface area contributed by atoms with E-state index in [1.54, 1.807) is 6.07 Å². The first-order valence-electron chi connectivity index (χ1n) is 7.02.